The zero-order chi connectivity index (χ0) is 19.1. The first-order valence-electron chi connectivity index (χ1n) is 8.68. The molecule has 0 spiro atoms. The molecule has 3 heterocycles. The van der Waals surface area contributed by atoms with E-state index in [4.69, 9.17) is 9.26 Å². The molecule has 0 saturated heterocycles. The summed E-state index contributed by atoms with van der Waals surface area (Å²) in [7, 11) is 0. The van der Waals surface area contributed by atoms with Crippen LogP contribution >= 0.6 is 15.9 Å². The third kappa shape index (κ3) is 3.14. The van der Waals surface area contributed by atoms with Gasteiger partial charge in [-0.3, -0.25) is 0 Å². The van der Waals surface area contributed by atoms with Crippen LogP contribution in [0, 0.1) is 5.82 Å². The molecule has 1 atom stereocenters. The van der Waals surface area contributed by atoms with E-state index in [1.165, 1.54) is 12.1 Å². The average molecular weight is 441 g/mol. The van der Waals surface area contributed by atoms with E-state index >= 15 is 0 Å². The Morgan fingerprint density at radius 3 is 2.64 bits per heavy atom. The Balaban J connectivity index is 1.41. The SMILES string of the molecule is Fc1ccc([C@H]2Cn3cnc(-c4nc(-c5ccc(Br)cc5)no4)c3CO2)cc1. The van der Waals surface area contributed by atoms with Crippen LogP contribution in [0.3, 0.4) is 0 Å². The van der Waals surface area contributed by atoms with Crippen LogP contribution in [0.25, 0.3) is 23.0 Å². The minimum absolute atomic E-state index is 0.156. The van der Waals surface area contributed by atoms with Crippen molar-refractivity contribution in [3.8, 4) is 23.0 Å². The summed E-state index contributed by atoms with van der Waals surface area (Å²) < 4.78 is 27.6. The number of imidazole rings is 1. The first-order chi connectivity index (χ1) is 13.7. The van der Waals surface area contributed by atoms with Gasteiger partial charge in [-0.05, 0) is 42.0 Å². The van der Waals surface area contributed by atoms with Gasteiger partial charge in [-0.25, -0.2) is 9.37 Å². The summed E-state index contributed by atoms with van der Waals surface area (Å²) in [5, 5.41) is 4.06. The van der Waals surface area contributed by atoms with Gasteiger partial charge in [0.05, 0.1) is 25.2 Å². The van der Waals surface area contributed by atoms with Gasteiger partial charge in [0.25, 0.3) is 5.89 Å². The minimum atomic E-state index is -0.261. The standard InChI is InChI=1S/C20H14BrFN4O2/c21-14-5-1-13(2-6-14)19-24-20(28-25-19)18-16-10-27-17(9-26(16)11-23-18)12-3-7-15(22)8-4-12/h1-8,11,17H,9-10H2/t17-/m1/s1. The Labute approximate surface area is 168 Å². The van der Waals surface area contributed by atoms with Crippen molar-refractivity contribution in [2.24, 2.45) is 0 Å². The third-order valence-corrected chi connectivity index (χ3v) is 5.23. The number of benzene rings is 2. The van der Waals surface area contributed by atoms with E-state index in [1.807, 2.05) is 28.8 Å². The van der Waals surface area contributed by atoms with Crippen molar-refractivity contribution in [2.75, 3.05) is 0 Å². The van der Waals surface area contributed by atoms with E-state index < -0.39 is 0 Å². The molecule has 0 bridgehead atoms. The van der Waals surface area contributed by atoms with Crippen LogP contribution in [0.2, 0.25) is 0 Å². The second-order valence-corrected chi connectivity index (χ2v) is 7.39. The molecule has 0 aliphatic carbocycles. The Bertz CT molecular complexity index is 1120. The van der Waals surface area contributed by atoms with Crippen LogP contribution in [0.5, 0.6) is 0 Å². The molecule has 4 aromatic rings. The van der Waals surface area contributed by atoms with E-state index in [1.54, 1.807) is 18.5 Å². The van der Waals surface area contributed by atoms with Gasteiger partial charge in [0.15, 0.2) is 5.69 Å². The van der Waals surface area contributed by atoms with Crippen molar-refractivity contribution < 1.29 is 13.7 Å². The predicted octanol–water partition coefficient (Wildman–Crippen LogP) is 4.77. The van der Waals surface area contributed by atoms with Crippen molar-refractivity contribution >= 4 is 15.9 Å². The highest BCUT2D eigenvalue weighted by atomic mass is 79.9. The second kappa shape index (κ2) is 6.96. The van der Waals surface area contributed by atoms with Crippen molar-refractivity contribution in [1.29, 1.82) is 0 Å². The maximum absolute atomic E-state index is 13.1. The first-order valence-corrected chi connectivity index (χ1v) is 9.48. The van der Waals surface area contributed by atoms with Gasteiger partial charge in [0.2, 0.25) is 5.82 Å². The summed E-state index contributed by atoms with van der Waals surface area (Å²) in [6.07, 6.45) is 1.59. The van der Waals surface area contributed by atoms with Gasteiger partial charge in [-0.15, -0.1) is 0 Å². The zero-order valence-electron chi connectivity index (χ0n) is 14.5. The molecule has 0 saturated carbocycles. The zero-order valence-corrected chi connectivity index (χ0v) is 16.1. The summed E-state index contributed by atoms with van der Waals surface area (Å²) in [5.41, 5.74) is 3.29. The molecule has 2 aromatic heterocycles. The van der Waals surface area contributed by atoms with E-state index in [-0.39, 0.29) is 11.9 Å². The van der Waals surface area contributed by atoms with Crippen molar-refractivity contribution in [3.63, 3.8) is 0 Å². The summed E-state index contributed by atoms with van der Waals surface area (Å²) in [6.45, 7) is 0.940. The van der Waals surface area contributed by atoms with Gasteiger partial charge in [-0.2, -0.15) is 4.98 Å². The molecule has 0 fully saturated rings. The molecule has 0 N–H and O–H groups in total. The van der Waals surface area contributed by atoms with Gasteiger partial charge in [0.1, 0.15) is 11.9 Å². The third-order valence-electron chi connectivity index (χ3n) is 4.70. The maximum Gasteiger partial charge on any atom is 0.278 e. The number of halogens is 2. The molecule has 0 amide bonds. The molecule has 1 aliphatic rings. The molecule has 140 valence electrons. The highest BCUT2D eigenvalue weighted by Gasteiger charge is 2.26. The van der Waals surface area contributed by atoms with Crippen LogP contribution in [0.4, 0.5) is 4.39 Å². The van der Waals surface area contributed by atoms with Crippen molar-refractivity contribution in [2.45, 2.75) is 19.3 Å². The Hall–Kier alpha value is -2.84. The molecule has 0 radical (unpaired) electrons. The number of nitrogens with zero attached hydrogens (tertiary/aromatic N) is 4. The second-order valence-electron chi connectivity index (χ2n) is 6.47. The molecular formula is C20H14BrFN4O2. The predicted molar refractivity (Wildman–Crippen MR) is 103 cm³/mol. The van der Waals surface area contributed by atoms with Crippen LogP contribution < -0.4 is 0 Å². The van der Waals surface area contributed by atoms with Gasteiger partial charge in [-0.1, -0.05) is 33.2 Å². The normalized spacial score (nSPS) is 16.1. The maximum atomic E-state index is 13.1. The van der Waals surface area contributed by atoms with Crippen LogP contribution in [-0.4, -0.2) is 19.7 Å². The van der Waals surface area contributed by atoms with E-state index in [0.29, 0.717) is 30.6 Å². The fourth-order valence-electron chi connectivity index (χ4n) is 3.22. The van der Waals surface area contributed by atoms with E-state index in [2.05, 4.69) is 31.1 Å². The quantitative estimate of drug-likeness (QED) is 0.458. The highest BCUT2D eigenvalue weighted by molar-refractivity contribution is 9.10. The molecule has 5 rings (SSSR count). The smallest absolute Gasteiger partial charge is 0.278 e. The fraction of sp³-hybridized carbons (Fsp3) is 0.150. The van der Waals surface area contributed by atoms with Crippen molar-refractivity contribution in [3.05, 3.63) is 76.4 Å². The lowest BCUT2D eigenvalue weighted by Gasteiger charge is -2.25. The Morgan fingerprint density at radius 1 is 1.07 bits per heavy atom. The summed E-state index contributed by atoms with van der Waals surface area (Å²) >= 11 is 3.41. The number of fused-ring (bicyclic) bond motifs is 1. The molecule has 0 unspecified atom stereocenters. The molecule has 1 aliphatic heterocycles. The van der Waals surface area contributed by atoms with E-state index in [0.717, 1.165) is 21.3 Å². The molecule has 6 nitrogen and oxygen atoms in total. The lowest BCUT2D eigenvalue weighted by atomic mass is 10.1. The topological polar surface area (TPSA) is 66.0 Å². The van der Waals surface area contributed by atoms with Crippen molar-refractivity contribution in [1.82, 2.24) is 19.7 Å². The monoisotopic (exact) mass is 440 g/mol. The number of aromatic nitrogens is 4. The largest absolute Gasteiger partial charge is 0.365 e. The molecule has 2 aromatic carbocycles. The molecular weight excluding hydrogens is 427 g/mol. The summed E-state index contributed by atoms with van der Waals surface area (Å²) in [6, 6.07) is 14.0. The number of ether oxygens (including phenoxy) is 1. The number of hydrogen-bond acceptors (Lipinski definition) is 5. The van der Waals surface area contributed by atoms with E-state index in [9.17, 15) is 4.39 Å². The van der Waals surface area contributed by atoms with Crippen LogP contribution in [-0.2, 0) is 17.9 Å². The average Bonchev–Trinajstić information content (AvgIpc) is 3.35. The fourth-order valence-corrected chi connectivity index (χ4v) is 3.49. The first kappa shape index (κ1) is 17.3. The highest BCUT2D eigenvalue weighted by Crippen LogP contribution is 2.32. The molecule has 28 heavy (non-hydrogen) atoms. The van der Waals surface area contributed by atoms with Gasteiger partial charge >= 0.3 is 0 Å². The van der Waals surface area contributed by atoms with Crippen LogP contribution in [0.1, 0.15) is 17.4 Å². The van der Waals surface area contributed by atoms with Crippen LogP contribution in [0.15, 0.2) is 63.9 Å². The summed E-state index contributed by atoms with van der Waals surface area (Å²) in [4.78, 5) is 8.93. The number of hydrogen-bond donors (Lipinski definition) is 0. The summed E-state index contributed by atoms with van der Waals surface area (Å²) in [5.74, 6) is 0.601. The molecule has 8 heteroatoms. The minimum Gasteiger partial charge on any atom is -0.365 e. The van der Waals surface area contributed by atoms with Gasteiger partial charge < -0.3 is 13.8 Å². The number of rotatable bonds is 3. The Kier molecular flexibility index (Phi) is 4.29. The lowest BCUT2D eigenvalue weighted by molar-refractivity contribution is 0.00326. The Morgan fingerprint density at radius 2 is 1.86 bits per heavy atom. The van der Waals surface area contributed by atoms with Gasteiger partial charge in [0, 0.05) is 10.0 Å². The lowest BCUT2D eigenvalue weighted by Crippen LogP contribution is -2.20.